The standard InChI is InChI=1S/C16H26N2O/c1-12(2)13-7-5-8-14-15(13)19-10-6-9-16(14,11-17)18(3)4/h5,7-8,12H,6,9-11,17H2,1-4H3. The minimum Gasteiger partial charge on any atom is -0.493 e. The summed E-state index contributed by atoms with van der Waals surface area (Å²) in [6.45, 7) is 5.83. The quantitative estimate of drug-likeness (QED) is 0.910. The molecule has 106 valence electrons. The Balaban J connectivity index is 2.63. The normalized spacial score (nSPS) is 23.1. The average molecular weight is 262 g/mol. The first-order chi connectivity index (χ1) is 9.03. The van der Waals surface area contributed by atoms with Gasteiger partial charge < -0.3 is 10.5 Å². The van der Waals surface area contributed by atoms with Gasteiger partial charge in [0.05, 0.1) is 12.1 Å². The van der Waals surface area contributed by atoms with Crippen molar-refractivity contribution in [1.29, 1.82) is 0 Å². The predicted octanol–water partition coefficient (Wildman–Crippen LogP) is 2.70. The summed E-state index contributed by atoms with van der Waals surface area (Å²) in [4.78, 5) is 2.25. The van der Waals surface area contributed by atoms with Crippen LogP contribution in [0.4, 0.5) is 0 Å². The van der Waals surface area contributed by atoms with E-state index in [9.17, 15) is 0 Å². The molecule has 0 fully saturated rings. The number of benzene rings is 1. The molecular formula is C16H26N2O. The van der Waals surface area contributed by atoms with Crippen LogP contribution in [0.15, 0.2) is 18.2 Å². The fraction of sp³-hybridized carbons (Fsp3) is 0.625. The lowest BCUT2D eigenvalue weighted by Crippen LogP contribution is -2.47. The zero-order chi connectivity index (χ0) is 14.0. The van der Waals surface area contributed by atoms with Gasteiger partial charge in [0.1, 0.15) is 5.75 Å². The van der Waals surface area contributed by atoms with E-state index in [-0.39, 0.29) is 5.54 Å². The van der Waals surface area contributed by atoms with Gasteiger partial charge in [0.15, 0.2) is 0 Å². The van der Waals surface area contributed by atoms with Crippen molar-refractivity contribution in [2.75, 3.05) is 27.2 Å². The molecule has 0 aliphatic carbocycles. The summed E-state index contributed by atoms with van der Waals surface area (Å²) >= 11 is 0. The molecule has 1 aromatic carbocycles. The summed E-state index contributed by atoms with van der Waals surface area (Å²) in [5.74, 6) is 1.53. The van der Waals surface area contributed by atoms with Gasteiger partial charge >= 0.3 is 0 Å². The monoisotopic (exact) mass is 262 g/mol. The van der Waals surface area contributed by atoms with Crippen LogP contribution < -0.4 is 10.5 Å². The predicted molar refractivity (Wildman–Crippen MR) is 79.7 cm³/mol. The van der Waals surface area contributed by atoms with Crippen molar-refractivity contribution in [1.82, 2.24) is 4.90 Å². The molecule has 0 bridgehead atoms. The van der Waals surface area contributed by atoms with E-state index >= 15 is 0 Å². The van der Waals surface area contributed by atoms with E-state index in [1.165, 1.54) is 11.1 Å². The Bertz CT molecular complexity index is 442. The van der Waals surface area contributed by atoms with Gasteiger partial charge in [-0.25, -0.2) is 0 Å². The number of para-hydroxylation sites is 1. The second-order valence-corrected chi connectivity index (χ2v) is 5.96. The Morgan fingerprint density at radius 2 is 2.11 bits per heavy atom. The topological polar surface area (TPSA) is 38.5 Å². The number of hydrogen-bond acceptors (Lipinski definition) is 3. The van der Waals surface area contributed by atoms with Crippen LogP contribution in [0.25, 0.3) is 0 Å². The number of likely N-dealkylation sites (N-methyl/N-ethyl adjacent to an activating group) is 1. The highest BCUT2D eigenvalue weighted by molar-refractivity contribution is 5.48. The Morgan fingerprint density at radius 3 is 2.68 bits per heavy atom. The van der Waals surface area contributed by atoms with Gasteiger partial charge in [0, 0.05) is 12.1 Å². The summed E-state index contributed by atoms with van der Waals surface area (Å²) in [5.41, 5.74) is 8.60. The van der Waals surface area contributed by atoms with Crippen LogP contribution in [0.2, 0.25) is 0 Å². The Hall–Kier alpha value is -1.06. The molecule has 2 N–H and O–H groups in total. The Morgan fingerprint density at radius 1 is 1.37 bits per heavy atom. The molecular weight excluding hydrogens is 236 g/mol. The molecule has 1 heterocycles. The van der Waals surface area contributed by atoms with Crippen LogP contribution in [0.3, 0.4) is 0 Å². The molecule has 0 amide bonds. The second-order valence-electron chi connectivity index (χ2n) is 5.96. The molecule has 3 heteroatoms. The molecule has 1 atom stereocenters. The third-order valence-electron chi connectivity index (χ3n) is 4.34. The molecule has 0 aromatic heterocycles. The van der Waals surface area contributed by atoms with E-state index in [0.29, 0.717) is 12.5 Å². The zero-order valence-electron chi connectivity index (χ0n) is 12.6. The maximum atomic E-state index is 6.15. The fourth-order valence-electron chi connectivity index (χ4n) is 3.07. The molecule has 1 unspecified atom stereocenters. The fourth-order valence-corrected chi connectivity index (χ4v) is 3.07. The van der Waals surface area contributed by atoms with E-state index in [4.69, 9.17) is 10.5 Å². The Labute approximate surface area is 116 Å². The maximum Gasteiger partial charge on any atom is 0.127 e. The first-order valence-electron chi connectivity index (χ1n) is 7.16. The van der Waals surface area contributed by atoms with Crippen LogP contribution in [0.1, 0.15) is 43.7 Å². The van der Waals surface area contributed by atoms with Gasteiger partial charge in [0.2, 0.25) is 0 Å². The van der Waals surface area contributed by atoms with Crippen LogP contribution in [-0.4, -0.2) is 32.1 Å². The van der Waals surface area contributed by atoms with E-state index in [1.807, 2.05) is 0 Å². The molecule has 1 aromatic rings. The number of nitrogens with two attached hydrogens (primary N) is 1. The molecule has 2 rings (SSSR count). The van der Waals surface area contributed by atoms with Gasteiger partial charge in [-0.1, -0.05) is 32.0 Å². The first kappa shape index (κ1) is 14.4. The van der Waals surface area contributed by atoms with Crippen LogP contribution >= 0.6 is 0 Å². The van der Waals surface area contributed by atoms with E-state index in [2.05, 4.69) is 51.0 Å². The van der Waals surface area contributed by atoms with Crippen LogP contribution in [-0.2, 0) is 5.54 Å². The highest BCUT2D eigenvalue weighted by Gasteiger charge is 2.38. The number of hydrogen-bond donors (Lipinski definition) is 1. The third kappa shape index (κ3) is 2.37. The first-order valence-corrected chi connectivity index (χ1v) is 7.16. The maximum absolute atomic E-state index is 6.15. The Kier molecular flexibility index (Phi) is 4.16. The van der Waals surface area contributed by atoms with Gasteiger partial charge in [-0.05, 0) is 38.4 Å². The van der Waals surface area contributed by atoms with Crippen molar-refractivity contribution in [3.63, 3.8) is 0 Å². The number of rotatable bonds is 3. The average Bonchev–Trinajstić information content (AvgIpc) is 2.57. The molecule has 0 saturated carbocycles. The molecule has 0 spiro atoms. The largest absolute Gasteiger partial charge is 0.493 e. The van der Waals surface area contributed by atoms with Crippen molar-refractivity contribution in [2.24, 2.45) is 5.73 Å². The summed E-state index contributed by atoms with van der Waals surface area (Å²) < 4.78 is 6.07. The highest BCUT2D eigenvalue weighted by atomic mass is 16.5. The van der Waals surface area contributed by atoms with Crippen LogP contribution in [0.5, 0.6) is 5.75 Å². The van der Waals surface area contributed by atoms with Gasteiger partial charge in [-0.2, -0.15) is 0 Å². The lowest BCUT2D eigenvalue weighted by Gasteiger charge is -2.39. The van der Waals surface area contributed by atoms with E-state index in [0.717, 1.165) is 25.2 Å². The molecule has 1 aliphatic rings. The summed E-state index contributed by atoms with van der Waals surface area (Å²) in [6, 6.07) is 6.49. The van der Waals surface area contributed by atoms with Crippen molar-refractivity contribution in [2.45, 2.75) is 38.1 Å². The van der Waals surface area contributed by atoms with Gasteiger partial charge in [-0.3, -0.25) is 4.90 Å². The number of fused-ring (bicyclic) bond motifs is 1. The molecule has 0 radical (unpaired) electrons. The van der Waals surface area contributed by atoms with Crippen molar-refractivity contribution in [3.05, 3.63) is 29.3 Å². The minimum atomic E-state index is -0.100. The smallest absolute Gasteiger partial charge is 0.127 e. The second kappa shape index (κ2) is 5.51. The van der Waals surface area contributed by atoms with Crippen LogP contribution in [0, 0.1) is 0 Å². The van der Waals surface area contributed by atoms with Crippen molar-refractivity contribution >= 4 is 0 Å². The third-order valence-corrected chi connectivity index (χ3v) is 4.34. The highest BCUT2D eigenvalue weighted by Crippen LogP contribution is 2.42. The van der Waals surface area contributed by atoms with Crippen molar-refractivity contribution in [3.8, 4) is 5.75 Å². The zero-order valence-corrected chi connectivity index (χ0v) is 12.6. The molecule has 19 heavy (non-hydrogen) atoms. The number of nitrogens with zero attached hydrogens (tertiary/aromatic N) is 1. The van der Waals surface area contributed by atoms with Crippen molar-refractivity contribution < 1.29 is 4.74 Å². The van der Waals surface area contributed by atoms with E-state index < -0.39 is 0 Å². The summed E-state index contributed by atoms with van der Waals surface area (Å²) in [5, 5.41) is 0. The van der Waals surface area contributed by atoms with Gasteiger partial charge in [-0.15, -0.1) is 0 Å². The molecule has 1 aliphatic heterocycles. The van der Waals surface area contributed by atoms with E-state index in [1.54, 1.807) is 0 Å². The molecule has 3 nitrogen and oxygen atoms in total. The SMILES string of the molecule is CC(C)c1cccc2c1OCCCC2(CN)N(C)C. The lowest BCUT2D eigenvalue weighted by molar-refractivity contribution is 0.147. The number of ether oxygens (including phenoxy) is 1. The minimum absolute atomic E-state index is 0.100. The summed E-state index contributed by atoms with van der Waals surface area (Å²) in [6.07, 6.45) is 2.09. The lowest BCUT2D eigenvalue weighted by atomic mass is 9.82. The van der Waals surface area contributed by atoms with Gasteiger partial charge in [0.25, 0.3) is 0 Å². The molecule has 0 saturated heterocycles. The summed E-state index contributed by atoms with van der Waals surface area (Å²) in [7, 11) is 4.23.